The van der Waals surface area contributed by atoms with E-state index in [2.05, 4.69) is 22.8 Å². The van der Waals surface area contributed by atoms with Gasteiger partial charge in [0.2, 0.25) is 5.91 Å². The van der Waals surface area contributed by atoms with Crippen LogP contribution in [0.1, 0.15) is 34.6 Å². The van der Waals surface area contributed by atoms with Crippen molar-refractivity contribution in [2.24, 2.45) is 0 Å². The summed E-state index contributed by atoms with van der Waals surface area (Å²) in [5.41, 5.74) is 3.18. The van der Waals surface area contributed by atoms with Crippen molar-refractivity contribution in [1.82, 2.24) is 0 Å². The molecule has 166 valence electrons. The summed E-state index contributed by atoms with van der Waals surface area (Å²) in [7, 11) is 1.72. The number of nitrogens with zero attached hydrogens (tertiary/aromatic N) is 1. The summed E-state index contributed by atoms with van der Waals surface area (Å²) in [4.78, 5) is 26.6. The van der Waals surface area contributed by atoms with Crippen LogP contribution < -0.4 is 15.5 Å². The molecule has 0 unspecified atom stereocenters. The minimum absolute atomic E-state index is 0.0432. The molecule has 0 fully saturated rings. The Bertz CT molecular complexity index is 1100. The van der Waals surface area contributed by atoms with Crippen LogP contribution in [0.2, 0.25) is 0 Å². The molecule has 0 saturated carbocycles. The van der Waals surface area contributed by atoms with Gasteiger partial charge in [-0.25, -0.2) is 4.79 Å². The number of ether oxygens (including phenoxy) is 1. The van der Waals surface area contributed by atoms with Crippen LogP contribution in [0, 0.1) is 0 Å². The second kappa shape index (κ2) is 10.9. The fraction of sp³-hybridized carbons (Fsp3) is 0.208. The maximum Gasteiger partial charge on any atom is 0.341 e. The van der Waals surface area contributed by atoms with E-state index in [0.717, 1.165) is 21.8 Å². The summed E-state index contributed by atoms with van der Waals surface area (Å²) >= 11 is 6.93. The number of hydrogen-bond acceptors (Lipinski definition) is 5. The maximum atomic E-state index is 12.5. The molecular formula is C24H25N3O3S2. The fourth-order valence-electron chi connectivity index (χ4n) is 3.00. The molecule has 8 heteroatoms. The average Bonchev–Trinajstić information content (AvgIpc) is 3.16. The van der Waals surface area contributed by atoms with E-state index in [-0.39, 0.29) is 11.9 Å². The number of anilines is 3. The summed E-state index contributed by atoms with van der Waals surface area (Å²) in [6.07, 6.45) is 0.713. The number of hydrogen-bond donors (Lipinski definition) is 2. The van der Waals surface area contributed by atoms with E-state index in [9.17, 15) is 9.59 Å². The predicted molar refractivity (Wildman–Crippen MR) is 135 cm³/mol. The van der Waals surface area contributed by atoms with Crippen LogP contribution in [-0.2, 0) is 16.0 Å². The lowest BCUT2D eigenvalue weighted by Gasteiger charge is -2.16. The molecule has 0 atom stereocenters. The van der Waals surface area contributed by atoms with Crippen LogP contribution in [0.15, 0.2) is 60.7 Å². The van der Waals surface area contributed by atoms with Gasteiger partial charge in [0.15, 0.2) is 5.11 Å². The summed E-state index contributed by atoms with van der Waals surface area (Å²) in [5, 5.41) is 7.24. The maximum absolute atomic E-state index is 12.5. The van der Waals surface area contributed by atoms with Crippen molar-refractivity contribution >= 4 is 56.9 Å². The van der Waals surface area contributed by atoms with Crippen molar-refractivity contribution in [1.29, 1.82) is 0 Å². The number of carbonyl (C=O) groups is 2. The van der Waals surface area contributed by atoms with Gasteiger partial charge in [-0.15, -0.1) is 11.3 Å². The Morgan fingerprint density at radius 2 is 1.75 bits per heavy atom. The van der Waals surface area contributed by atoms with Crippen molar-refractivity contribution in [3.05, 3.63) is 76.7 Å². The zero-order valence-corrected chi connectivity index (χ0v) is 19.8. The van der Waals surface area contributed by atoms with E-state index in [1.807, 2.05) is 48.5 Å². The molecule has 0 saturated heterocycles. The first-order valence-corrected chi connectivity index (χ1v) is 11.4. The van der Waals surface area contributed by atoms with Crippen molar-refractivity contribution in [3.63, 3.8) is 0 Å². The Kier molecular flexibility index (Phi) is 7.97. The Balaban J connectivity index is 1.73. The van der Waals surface area contributed by atoms with Gasteiger partial charge in [0.05, 0.1) is 12.2 Å². The molecule has 1 amide bonds. The minimum Gasteiger partial charge on any atom is -0.462 e. The predicted octanol–water partition coefficient (Wildman–Crippen LogP) is 5.31. The molecule has 32 heavy (non-hydrogen) atoms. The molecule has 0 aliphatic rings. The van der Waals surface area contributed by atoms with Gasteiger partial charge in [0, 0.05) is 36.6 Å². The average molecular weight is 468 g/mol. The van der Waals surface area contributed by atoms with E-state index < -0.39 is 0 Å². The molecule has 0 spiro atoms. The molecule has 0 aliphatic carbocycles. The highest BCUT2D eigenvalue weighted by atomic mass is 32.1. The quantitative estimate of drug-likeness (QED) is 0.363. The van der Waals surface area contributed by atoms with Crippen LogP contribution in [0.5, 0.6) is 0 Å². The topological polar surface area (TPSA) is 70.7 Å². The first-order valence-electron chi connectivity index (χ1n) is 10.1. The number of thiocarbonyl (C=S) groups is 1. The smallest absolute Gasteiger partial charge is 0.341 e. The van der Waals surface area contributed by atoms with Crippen LogP contribution >= 0.6 is 23.6 Å². The number of amides is 1. The highest BCUT2D eigenvalue weighted by Gasteiger charge is 2.18. The molecule has 1 aromatic heterocycles. The fourth-order valence-corrected chi connectivity index (χ4v) is 4.36. The molecule has 3 aromatic rings. The van der Waals surface area contributed by atoms with E-state index in [1.165, 1.54) is 18.3 Å². The minimum atomic E-state index is -0.384. The van der Waals surface area contributed by atoms with Crippen molar-refractivity contribution in [2.75, 3.05) is 29.2 Å². The highest BCUT2D eigenvalue weighted by molar-refractivity contribution is 7.80. The molecule has 0 bridgehead atoms. The van der Waals surface area contributed by atoms with Gasteiger partial charge in [-0.3, -0.25) is 4.79 Å². The second-order valence-corrected chi connectivity index (χ2v) is 8.59. The zero-order valence-electron chi connectivity index (χ0n) is 18.2. The monoisotopic (exact) mass is 467 g/mol. The Labute approximate surface area is 197 Å². The van der Waals surface area contributed by atoms with E-state index in [1.54, 1.807) is 18.9 Å². The van der Waals surface area contributed by atoms with Gasteiger partial charge >= 0.3 is 5.97 Å². The summed E-state index contributed by atoms with van der Waals surface area (Å²) in [6.45, 7) is 3.59. The van der Waals surface area contributed by atoms with Gasteiger partial charge in [0.25, 0.3) is 0 Å². The largest absolute Gasteiger partial charge is 0.462 e. The normalized spacial score (nSPS) is 10.3. The molecule has 3 rings (SSSR count). The summed E-state index contributed by atoms with van der Waals surface area (Å²) in [5.74, 6) is -0.427. The number of esters is 1. The van der Waals surface area contributed by atoms with Crippen LogP contribution in [0.25, 0.3) is 0 Å². The lowest BCUT2D eigenvalue weighted by molar-refractivity contribution is -0.116. The Morgan fingerprint density at radius 3 is 2.38 bits per heavy atom. The van der Waals surface area contributed by atoms with Crippen molar-refractivity contribution in [2.45, 2.75) is 20.3 Å². The third-order valence-electron chi connectivity index (χ3n) is 4.71. The summed E-state index contributed by atoms with van der Waals surface area (Å²) in [6, 6.07) is 19.3. The van der Waals surface area contributed by atoms with E-state index >= 15 is 0 Å². The molecule has 6 nitrogen and oxygen atoms in total. The second-order valence-electron chi connectivity index (χ2n) is 7.04. The highest BCUT2D eigenvalue weighted by Crippen LogP contribution is 2.31. The summed E-state index contributed by atoms with van der Waals surface area (Å²) < 4.78 is 5.22. The number of nitrogens with one attached hydrogen (secondary N) is 2. The Morgan fingerprint density at radius 1 is 1.06 bits per heavy atom. The SMILES string of the molecule is CCOC(=O)c1cc(Cc2ccccc2)sc1NC(=S)Nc1ccc(N(C)C(C)=O)cc1. The van der Waals surface area contributed by atoms with Gasteiger partial charge in [-0.2, -0.15) is 0 Å². The van der Waals surface area contributed by atoms with E-state index in [4.69, 9.17) is 17.0 Å². The molecule has 1 heterocycles. The molecule has 0 aliphatic heterocycles. The number of carbonyl (C=O) groups excluding carboxylic acids is 2. The standard InChI is InChI=1S/C24H25N3O3S2/c1-4-30-23(29)21-15-20(14-17-8-6-5-7-9-17)32-22(21)26-24(31)25-18-10-12-19(13-11-18)27(3)16(2)28/h5-13,15H,4,14H2,1-3H3,(H2,25,26,31). The lowest BCUT2D eigenvalue weighted by atomic mass is 10.1. The van der Waals surface area contributed by atoms with Gasteiger partial charge in [0.1, 0.15) is 5.00 Å². The molecule has 2 N–H and O–H groups in total. The third kappa shape index (κ3) is 6.15. The Hall–Kier alpha value is -3.23. The van der Waals surface area contributed by atoms with Crippen molar-refractivity contribution < 1.29 is 14.3 Å². The van der Waals surface area contributed by atoms with Crippen LogP contribution in [-0.4, -0.2) is 30.6 Å². The lowest BCUT2D eigenvalue weighted by Crippen LogP contribution is -2.23. The number of thiophene rings is 1. The van der Waals surface area contributed by atoms with Gasteiger partial charge in [-0.05, 0) is 55.0 Å². The van der Waals surface area contributed by atoms with E-state index in [0.29, 0.717) is 28.7 Å². The molecule has 0 radical (unpaired) electrons. The first kappa shape index (κ1) is 23.4. The zero-order chi connectivity index (χ0) is 23.1. The van der Waals surface area contributed by atoms with Gasteiger partial charge < -0.3 is 20.3 Å². The number of benzene rings is 2. The first-order chi connectivity index (χ1) is 15.4. The number of rotatable bonds is 7. The molecular weight excluding hydrogens is 442 g/mol. The van der Waals surface area contributed by atoms with Crippen LogP contribution in [0.4, 0.5) is 16.4 Å². The van der Waals surface area contributed by atoms with Gasteiger partial charge in [-0.1, -0.05) is 30.3 Å². The van der Waals surface area contributed by atoms with Crippen LogP contribution in [0.3, 0.4) is 0 Å². The van der Waals surface area contributed by atoms with Crippen molar-refractivity contribution in [3.8, 4) is 0 Å². The molecule has 2 aromatic carbocycles. The third-order valence-corrected chi connectivity index (χ3v) is 5.97.